The van der Waals surface area contributed by atoms with Gasteiger partial charge in [-0.3, -0.25) is 9.59 Å². The molecule has 0 fully saturated rings. The number of methoxy groups -OCH3 is 1. The summed E-state index contributed by atoms with van der Waals surface area (Å²) in [5.41, 5.74) is 3.11. The van der Waals surface area contributed by atoms with Gasteiger partial charge < -0.3 is 14.6 Å². The van der Waals surface area contributed by atoms with Crippen molar-refractivity contribution in [3.8, 4) is 11.3 Å². The second kappa shape index (κ2) is 8.80. The highest BCUT2D eigenvalue weighted by molar-refractivity contribution is 5.94. The molecule has 3 aromatic rings. The predicted octanol–water partition coefficient (Wildman–Crippen LogP) is 3.10. The first kappa shape index (κ1) is 19.8. The summed E-state index contributed by atoms with van der Waals surface area (Å²) in [4.78, 5) is 29.9. The van der Waals surface area contributed by atoms with Crippen LogP contribution in [0.25, 0.3) is 22.3 Å². The van der Waals surface area contributed by atoms with Gasteiger partial charge in [-0.15, -0.1) is 0 Å². The van der Waals surface area contributed by atoms with Crippen molar-refractivity contribution in [3.63, 3.8) is 0 Å². The second-order valence-electron chi connectivity index (χ2n) is 7.08. The van der Waals surface area contributed by atoms with Gasteiger partial charge in [-0.1, -0.05) is 38.1 Å². The monoisotopic (exact) mass is 379 g/mol. The van der Waals surface area contributed by atoms with Crippen LogP contribution in [0.5, 0.6) is 0 Å². The van der Waals surface area contributed by atoms with Crippen LogP contribution < -0.4 is 10.9 Å². The minimum Gasteiger partial charge on any atom is -0.383 e. The molecule has 0 aliphatic carbocycles. The van der Waals surface area contributed by atoms with Gasteiger partial charge in [0, 0.05) is 31.3 Å². The number of nitrogens with zero attached hydrogens (tertiary/aromatic N) is 2. The molecular formula is C22H25N3O3. The molecular weight excluding hydrogens is 354 g/mol. The van der Waals surface area contributed by atoms with Gasteiger partial charge in [-0.05, 0) is 30.2 Å². The third-order valence-corrected chi connectivity index (χ3v) is 4.41. The smallest absolute Gasteiger partial charge is 0.277 e. The Kier molecular flexibility index (Phi) is 6.21. The third kappa shape index (κ3) is 4.28. The first-order chi connectivity index (χ1) is 13.5. The van der Waals surface area contributed by atoms with Gasteiger partial charge in [0.15, 0.2) is 0 Å². The van der Waals surface area contributed by atoms with Crippen LogP contribution in [-0.4, -0.2) is 35.7 Å². The lowest BCUT2D eigenvalue weighted by Crippen LogP contribution is -2.27. The molecule has 2 aromatic carbocycles. The van der Waals surface area contributed by atoms with Gasteiger partial charge in [0.05, 0.1) is 17.6 Å². The molecule has 0 saturated carbocycles. The molecule has 1 aromatic heterocycles. The lowest BCUT2D eigenvalue weighted by Gasteiger charge is -2.14. The van der Waals surface area contributed by atoms with E-state index in [1.165, 1.54) is 0 Å². The van der Waals surface area contributed by atoms with Gasteiger partial charge >= 0.3 is 0 Å². The zero-order valence-electron chi connectivity index (χ0n) is 16.4. The molecule has 6 nitrogen and oxygen atoms in total. The normalized spacial score (nSPS) is 11.1. The zero-order valence-corrected chi connectivity index (χ0v) is 16.4. The number of carbonyl (C=O) groups is 1. The van der Waals surface area contributed by atoms with Crippen molar-refractivity contribution in [2.75, 3.05) is 20.3 Å². The lowest BCUT2D eigenvalue weighted by atomic mass is 10.1. The summed E-state index contributed by atoms with van der Waals surface area (Å²) in [5, 5.41) is 2.78. The maximum atomic E-state index is 13.1. The molecule has 0 saturated heterocycles. The van der Waals surface area contributed by atoms with Crippen LogP contribution in [0.2, 0.25) is 0 Å². The van der Waals surface area contributed by atoms with Crippen molar-refractivity contribution in [1.29, 1.82) is 0 Å². The van der Waals surface area contributed by atoms with Crippen molar-refractivity contribution >= 4 is 16.9 Å². The van der Waals surface area contributed by atoms with Crippen molar-refractivity contribution in [2.24, 2.45) is 5.92 Å². The molecule has 1 amide bonds. The van der Waals surface area contributed by atoms with Crippen LogP contribution in [-0.2, 0) is 11.3 Å². The van der Waals surface area contributed by atoms with Crippen LogP contribution in [0.1, 0.15) is 24.2 Å². The van der Waals surface area contributed by atoms with E-state index in [0.717, 1.165) is 11.0 Å². The van der Waals surface area contributed by atoms with Crippen LogP contribution in [0.15, 0.2) is 53.3 Å². The van der Waals surface area contributed by atoms with E-state index in [1.807, 2.05) is 24.3 Å². The lowest BCUT2D eigenvalue weighted by molar-refractivity contribution is 0.0937. The van der Waals surface area contributed by atoms with E-state index in [1.54, 1.807) is 35.9 Å². The number of aromatic nitrogens is 2. The van der Waals surface area contributed by atoms with Crippen LogP contribution in [0.4, 0.5) is 0 Å². The molecule has 3 rings (SSSR count). The first-order valence-corrected chi connectivity index (χ1v) is 9.38. The van der Waals surface area contributed by atoms with Crippen molar-refractivity contribution < 1.29 is 9.53 Å². The molecule has 1 heterocycles. The van der Waals surface area contributed by atoms with Crippen molar-refractivity contribution in [3.05, 3.63) is 64.4 Å². The zero-order chi connectivity index (χ0) is 20.1. The maximum absolute atomic E-state index is 13.1. The fourth-order valence-corrected chi connectivity index (χ4v) is 3.08. The fourth-order valence-electron chi connectivity index (χ4n) is 3.08. The standard InChI is InChI=1S/C22H25N3O3/c1-15(2)14-25-19-7-5-4-6-18(19)24-20(22(25)27)16-8-10-17(11-9-16)21(26)23-12-13-28-3/h4-11,15H,12-14H2,1-3H3,(H,23,26). The number of amides is 1. The molecule has 28 heavy (non-hydrogen) atoms. The van der Waals surface area contributed by atoms with Gasteiger partial charge in [-0.2, -0.15) is 0 Å². The molecule has 0 aliphatic rings. The number of rotatable bonds is 7. The largest absolute Gasteiger partial charge is 0.383 e. The summed E-state index contributed by atoms with van der Waals surface area (Å²) in [7, 11) is 1.59. The summed E-state index contributed by atoms with van der Waals surface area (Å²) in [5.74, 6) is 0.154. The average molecular weight is 379 g/mol. The fraction of sp³-hybridized carbons (Fsp3) is 0.318. The Morgan fingerprint density at radius 1 is 1.14 bits per heavy atom. The number of nitrogens with one attached hydrogen (secondary N) is 1. The number of hydrogen-bond donors (Lipinski definition) is 1. The van der Waals surface area contributed by atoms with Crippen molar-refractivity contribution in [2.45, 2.75) is 20.4 Å². The minimum atomic E-state index is -0.174. The van der Waals surface area contributed by atoms with Crippen LogP contribution in [0.3, 0.4) is 0 Å². The minimum absolute atomic E-state index is 0.121. The molecule has 0 spiro atoms. The molecule has 0 atom stereocenters. The highest BCUT2D eigenvalue weighted by atomic mass is 16.5. The highest BCUT2D eigenvalue weighted by Gasteiger charge is 2.14. The number of para-hydroxylation sites is 2. The Hall–Kier alpha value is -2.99. The van der Waals surface area contributed by atoms with Crippen molar-refractivity contribution in [1.82, 2.24) is 14.9 Å². The molecule has 0 bridgehead atoms. The SMILES string of the molecule is COCCNC(=O)c1ccc(-c2nc3ccccc3n(CC(C)C)c2=O)cc1. The summed E-state index contributed by atoms with van der Waals surface area (Å²) in [6.07, 6.45) is 0. The Morgan fingerprint density at radius 3 is 2.54 bits per heavy atom. The molecule has 0 aliphatic heterocycles. The number of fused-ring (bicyclic) bond motifs is 1. The first-order valence-electron chi connectivity index (χ1n) is 9.38. The van der Waals surface area contributed by atoms with E-state index in [-0.39, 0.29) is 11.5 Å². The average Bonchev–Trinajstić information content (AvgIpc) is 2.70. The summed E-state index contributed by atoms with van der Waals surface area (Å²) >= 11 is 0. The van der Waals surface area contributed by atoms with E-state index in [0.29, 0.717) is 42.4 Å². The summed E-state index contributed by atoms with van der Waals surface area (Å²) < 4.78 is 6.72. The Bertz CT molecular complexity index is 1020. The van der Waals surface area contributed by atoms with E-state index in [2.05, 4.69) is 24.1 Å². The second-order valence-corrected chi connectivity index (χ2v) is 7.08. The van der Waals surface area contributed by atoms with Gasteiger partial charge in [0.25, 0.3) is 11.5 Å². The number of benzene rings is 2. The van der Waals surface area contributed by atoms with Crippen LogP contribution in [0, 0.1) is 5.92 Å². The number of ether oxygens (including phenoxy) is 1. The quantitative estimate of drug-likeness (QED) is 0.640. The Labute approximate surface area is 164 Å². The van der Waals surface area contributed by atoms with Gasteiger partial charge in [-0.25, -0.2) is 4.98 Å². The summed E-state index contributed by atoms with van der Waals surface area (Å²) in [6.45, 7) is 5.69. The molecule has 0 unspecified atom stereocenters. The Balaban J connectivity index is 1.98. The van der Waals surface area contributed by atoms with Crippen LogP contribution >= 0.6 is 0 Å². The summed E-state index contributed by atoms with van der Waals surface area (Å²) in [6, 6.07) is 14.6. The van der Waals surface area contributed by atoms with E-state index < -0.39 is 0 Å². The molecule has 1 N–H and O–H groups in total. The molecule has 6 heteroatoms. The van der Waals surface area contributed by atoms with E-state index >= 15 is 0 Å². The number of carbonyl (C=O) groups excluding carboxylic acids is 1. The maximum Gasteiger partial charge on any atom is 0.277 e. The third-order valence-electron chi connectivity index (χ3n) is 4.41. The highest BCUT2D eigenvalue weighted by Crippen LogP contribution is 2.19. The van der Waals surface area contributed by atoms with Gasteiger partial charge in [0.1, 0.15) is 5.69 Å². The number of hydrogen-bond acceptors (Lipinski definition) is 4. The molecule has 0 radical (unpaired) electrons. The van der Waals surface area contributed by atoms with E-state index in [9.17, 15) is 9.59 Å². The predicted molar refractivity (Wildman–Crippen MR) is 110 cm³/mol. The van der Waals surface area contributed by atoms with E-state index in [4.69, 9.17) is 4.74 Å². The molecule has 146 valence electrons. The topological polar surface area (TPSA) is 73.2 Å². The van der Waals surface area contributed by atoms with Gasteiger partial charge in [0.2, 0.25) is 0 Å². The Morgan fingerprint density at radius 2 is 1.86 bits per heavy atom.